The largest absolute Gasteiger partial charge is 0.378 e. The van der Waals surface area contributed by atoms with Gasteiger partial charge in [-0.05, 0) is 129 Å². The van der Waals surface area contributed by atoms with Crippen molar-refractivity contribution in [1.82, 2.24) is 5.32 Å². The quantitative estimate of drug-likeness (QED) is 0.239. The van der Waals surface area contributed by atoms with Gasteiger partial charge in [0.15, 0.2) is 0 Å². The maximum absolute atomic E-state index is 12.1. The molecule has 38 heavy (non-hydrogen) atoms. The molecule has 4 heteroatoms. The Morgan fingerprint density at radius 1 is 0.921 bits per heavy atom. The lowest BCUT2D eigenvalue weighted by molar-refractivity contribution is -0.138. The zero-order valence-electron chi connectivity index (χ0n) is 25.7. The third-order valence-electron chi connectivity index (χ3n) is 12.5. The molecule has 0 unspecified atom stereocenters. The molecule has 3 N–H and O–H groups in total. The Bertz CT molecular complexity index is 755. The molecule has 0 aromatic heterocycles. The first-order valence-corrected chi connectivity index (χ1v) is 16.8. The normalized spacial score (nSPS) is 39.3. The van der Waals surface area contributed by atoms with Gasteiger partial charge in [0.1, 0.15) is 0 Å². The fourth-order valence-electron chi connectivity index (χ4n) is 10.3. The molecule has 4 saturated carbocycles. The van der Waals surface area contributed by atoms with Crippen LogP contribution in [0.25, 0.3) is 0 Å². The molecule has 0 aromatic rings. The van der Waals surface area contributed by atoms with Crippen molar-refractivity contribution >= 4 is 5.91 Å². The maximum Gasteiger partial charge on any atom is 0.222 e. The number of fused-ring (bicyclic) bond motifs is 5. The SMILES string of the molecule is CC(C)CCC[C@@H](C)[C@H]1CC[C@H]2[C@@H]3CC[C@H]4C[C@@H](OCCC(=O)NCCCCN)CC[C@]4(C)[C@H]3CC[C@]12C. The van der Waals surface area contributed by atoms with Crippen LogP contribution in [0.5, 0.6) is 0 Å². The highest BCUT2D eigenvalue weighted by atomic mass is 16.5. The molecular weight excluding hydrogens is 468 g/mol. The van der Waals surface area contributed by atoms with Crippen LogP contribution in [0.3, 0.4) is 0 Å². The van der Waals surface area contributed by atoms with E-state index in [4.69, 9.17) is 10.5 Å². The number of hydrogen-bond donors (Lipinski definition) is 2. The molecule has 0 aliphatic heterocycles. The standard InChI is InChI=1S/C34H62N2O2/c1-24(2)9-8-10-25(3)29-13-14-30-28-12-11-26-23-27(38-22-17-32(37)36-21-7-6-20-35)15-18-33(26,4)31(28)16-19-34(29,30)5/h24-31H,6-23,35H2,1-5H3,(H,36,37)/t25-,26+,27+,28+,29-,30+,31+,33+,34-/m1/s1. The number of carbonyl (C=O) groups is 1. The second kappa shape index (κ2) is 13.4. The van der Waals surface area contributed by atoms with E-state index in [1.807, 2.05) is 0 Å². The third kappa shape index (κ3) is 6.64. The Morgan fingerprint density at radius 2 is 1.68 bits per heavy atom. The zero-order chi connectivity index (χ0) is 27.3. The van der Waals surface area contributed by atoms with Gasteiger partial charge < -0.3 is 15.8 Å². The van der Waals surface area contributed by atoms with Gasteiger partial charge in [-0.1, -0.05) is 53.9 Å². The van der Waals surface area contributed by atoms with Crippen molar-refractivity contribution in [2.75, 3.05) is 19.7 Å². The first-order chi connectivity index (χ1) is 18.2. The first-order valence-electron chi connectivity index (χ1n) is 16.8. The van der Waals surface area contributed by atoms with E-state index in [1.165, 1.54) is 77.0 Å². The molecule has 4 rings (SSSR count). The van der Waals surface area contributed by atoms with E-state index in [1.54, 1.807) is 0 Å². The average Bonchev–Trinajstić information content (AvgIpc) is 3.24. The van der Waals surface area contributed by atoms with Crippen LogP contribution in [-0.2, 0) is 9.53 Å². The Hall–Kier alpha value is -0.610. The third-order valence-corrected chi connectivity index (χ3v) is 12.5. The second-order valence-electron chi connectivity index (χ2n) is 15.1. The highest BCUT2D eigenvalue weighted by Gasteiger charge is 2.60. The van der Waals surface area contributed by atoms with Gasteiger partial charge in [-0.25, -0.2) is 0 Å². The van der Waals surface area contributed by atoms with Gasteiger partial charge >= 0.3 is 0 Å². The van der Waals surface area contributed by atoms with Crippen LogP contribution in [0.1, 0.15) is 131 Å². The van der Waals surface area contributed by atoms with Gasteiger partial charge in [0.05, 0.1) is 12.7 Å². The minimum absolute atomic E-state index is 0.123. The molecule has 4 aliphatic carbocycles. The van der Waals surface area contributed by atoms with Crippen molar-refractivity contribution in [1.29, 1.82) is 0 Å². The van der Waals surface area contributed by atoms with E-state index in [0.29, 0.717) is 36.5 Å². The summed E-state index contributed by atoms with van der Waals surface area (Å²) in [7, 11) is 0. The average molecular weight is 531 g/mol. The molecule has 0 radical (unpaired) electrons. The summed E-state index contributed by atoms with van der Waals surface area (Å²) in [4.78, 5) is 12.1. The molecule has 0 saturated heterocycles. The summed E-state index contributed by atoms with van der Waals surface area (Å²) in [5.41, 5.74) is 6.63. The van der Waals surface area contributed by atoms with Crippen LogP contribution in [-0.4, -0.2) is 31.7 Å². The zero-order valence-corrected chi connectivity index (χ0v) is 25.7. The van der Waals surface area contributed by atoms with Crippen molar-refractivity contribution < 1.29 is 9.53 Å². The fourth-order valence-corrected chi connectivity index (χ4v) is 10.3. The van der Waals surface area contributed by atoms with E-state index in [0.717, 1.165) is 60.8 Å². The number of nitrogens with one attached hydrogen (secondary N) is 1. The summed E-state index contributed by atoms with van der Waals surface area (Å²) in [6, 6.07) is 0. The highest BCUT2D eigenvalue weighted by molar-refractivity contribution is 5.75. The summed E-state index contributed by atoms with van der Waals surface area (Å²) in [5.74, 6) is 6.48. The Balaban J connectivity index is 1.27. The molecular formula is C34H62N2O2. The predicted octanol–water partition coefficient (Wildman–Crippen LogP) is 7.74. The number of carbonyl (C=O) groups excluding carboxylic acids is 1. The van der Waals surface area contributed by atoms with Crippen LogP contribution in [0, 0.1) is 52.3 Å². The van der Waals surface area contributed by atoms with Crippen molar-refractivity contribution in [3.8, 4) is 0 Å². The molecule has 220 valence electrons. The Labute approximate surface area is 235 Å². The number of rotatable bonds is 13. The van der Waals surface area contributed by atoms with Crippen molar-refractivity contribution in [2.45, 2.75) is 137 Å². The van der Waals surface area contributed by atoms with Gasteiger partial charge in [-0.3, -0.25) is 4.79 Å². The molecule has 9 atom stereocenters. The fraction of sp³-hybridized carbons (Fsp3) is 0.971. The predicted molar refractivity (Wildman–Crippen MR) is 159 cm³/mol. The van der Waals surface area contributed by atoms with Crippen molar-refractivity contribution in [2.24, 2.45) is 58.0 Å². The lowest BCUT2D eigenvalue weighted by Crippen LogP contribution is -2.54. The maximum atomic E-state index is 12.1. The number of nitrogens with two attached hydrogens (primary N) is 1. The summed E-state index contributed by atoms with van der Waals surface area (Å²) in [6.07, 6.45) is 19.6. The van der Waals surface area contributed by atoms with E-state index < -0.39 is 0 Å². The van der Waals surface area contributed by atoms with Gasteiger partial charge in [0.25, 0.3) is 0 Å². The van der Waals surface area contributed by atoms with Crippen LogP contribution in [0.2, 0.25) is 0 Å². The first kappa shape index (κ1) is 30.4. The van der Waals surface area contributed by atoms with E-state index in [9.17, 15) is 4.79 Å². The number of hydrogen-bond acceptors (Lipinski definition) is 3. The Kier molecular flexibility index (Phi) is 10.7. The topological polar surface area (TPSA) is 64.3 Å². The number of unbranched alkanes of at least 4 members (excludes halogenated alkanes) is 1. The lowest BCUT2D eigenvalue weighted by atomic mass is 9.44. The minimum atomic E-state index is 0.123. The molecule has 4 aliphatic rings. The molecule has 0 spiro atoms. The number of amides is 1. The summed E-state index contributed by atoms with van der Waals surface area (Å²) in [6.45, 7) is 14.7. The van der Waals surface area contributed by atoms with Gasteiger partial charge in [0.2, 0.25) is 5.91 Å². The van der Waals surface area contributed by atoms with Crippen molar-refractivity contribution in [3.05, 3.63) is 0 Å². The van der Waals surface area contributed by atoms with E-state index in [-0.39, 0.29) is 5.91 Å². The summed E-state index contributed by atoms with van der Waals surface area (Å²) < 4.78 is 6.30. The van der Waals surface area contributed by atoms with E-state index >= 15 is 0 Å². The van der Waals surface area contributed by atoms with Gasteiger partial charge in [0, 0.05) is 13.0 Å². The molecule has 4 fully saturated rings. The molecule has 4 nitrogen and oxygen atoms in total. The summed E-state index contributed by atoms with van der Waals surface area (Å²) >= 11 is 0. The van der Waals surface area contributed by atoms with Crippen LogP contribution < -0.4 is 11.1 Å². The molecule has 0 heterocycles. The Morgan fingerprint density at radius 3 is 2.45 bits per heavy atom. The van der Waals surface area contributed by atoms with Crippen LogP contribution in [0.4, 0.5) is 0 Å². The monoisotopic (exact) mass is 530 g/mol. The van der Waals surface area contributed by atoms with Crippen molar-refractivity contribution in [3.63, 3.8) is 0 Å². The lowest BCUT2D eigenvalue weighted by Gasteiger charge is -2.61. The van der Waals surface area contributed by atoms with Crippen LogP contribution >= 0.6 is 0 Å². The minimum Gasteiger partial charge on any atom is -0.378 e. The molecule has 0 aromatic carbocycles. The van der Waals surface area contributed by atoms with Crippen LogP contribution in [0.15, 0.2) is 0 Å². The van der Waals surface area contributed by atoms with E-state index in [2.05, 4.69) is 39.9 Å². The van der Waals surface area contributed by atoms with Gasteiger partial charge in [-0.15, -0.1) is 0 Å². The molecule has 1 amide bonds. The second-order valence-corrected chi connectivity index (χ2v) is 15.1. The molecule has 0 bridgehead atoms. The highest BCUT2D eigenvalue weighted by Crippen LogP contribution is 2.68. The van der Waals surface area contributed by atoms with Gasteiger partial charge in [-0.2, -0.15) is 0 Å². The summed E-state index contributed by atoms with van der Waals surface area (Å²) in [5, 5.41) is 3.01. The smallest absolute Gasteiger partial charge is 0.222 e. The number of ether oxygens (including phenoxy) is 1.